The smallest absolute Gasteiger partial charge is 0.251 e. The molecule has 2 heterocycles. The first kappa shape index (κ1) is 17.1. The number of amides is 1. The number of rotatable bonds is 6. The summed E-state index contributed by atoms with van der Waals surface area (Å²) in [5, 5.41) is 2.98. The Balaban J connectivity index is 1.46. The van der Waals surface area contributed by atoms with Crippen molar-refractivity contribution in [2.75, 3.05) is 0 Å². The van der Waals surface area contributed by atoms with Gasteiger partial charge in [0, 0.05) is 24.4 Å². The van der Waals surface area contributed by atoms with Gasteiger partial charge in [-0.05, 0) is 42.8 Å². The Bertz CT molecular complexity index is 1040. The highest BCUT2D eigenvalue weighted by molar-refractivity contribution is 5.97. The molecule has 136 valence electrons. The van der Waals surface area contributed by atoms with Crippen LogP contribution in [0.25, 0.3) is 11.1 Å². The summed E-state index contributed by atoms with van der Waals surface area (Å²) in [6.45, 7) is 1.95. The standard InChI is InChI=1S/C22H20N2O3/c1-15(12-18-8-5-11-26-18)23-22(25)17-9-10-19-20(14-17)27-21(24-19)13-16-6-3-2-4-7-16/h2-11,14-15H,12-13H2,1H3,(H,23,25)/t15-/m1/s1. The quantitative estimate of drug-likeness (QED) is 0.554. The molecule has 0 saturated carbocycles. The van der Waals surface area contributed by atoms with Crippen molar-refractivity contribution in [1.82, 2.24) is 10.3 Å². The molecule has 4 aromatic rings. The fourth-order valence-electron chi connectivity index (χ4n) is 3.05. The molecule has 1 N–H and O–H groups in total. The average Bonchev–Trinajstić information content (AvgIpc) is 3.30. The van der Waals surface area contributed by atoms with Gasteiger partial charge in [0.05, 0.1) is 6.26 Å². The van der Waals surface area contributed by atoms with E-state index in [1.165, 1.54) is 0 Å². The number of oxazole rings is 1. The lowest BCUT2D eigenvalue weighted by Crippen LogP contribution is -2.33. The number of nitrogens with zero attached hydrogens (tertiary/aromatic N) is 1. The van der Waals surface area contributed by atoms with Crippen molar-refractivity contribution in [1.29, 1.82) is 0 Å². The molecule has 0 bridgehead atoms. The van der Waals surface area contributed by atoms with Gasteiger partial charge in [-0.25, -0.2) is 4.98 Å². The Morgan fingerprint density at radius 2 is 1.96 bits per heavy atom. The van der Waals surface area contributed by atoms with Gasteiger partial charge in [-0.1, -0.05) is 30.3 Å². The minimum absolute atomic E-state index is 0.0392. The molecule has 0 radical (unpaired) electrons. The monoisotopic (exact) mass is 360 g/mol. The van der Waals surface area contributed by atoms with Crippen molar-refractivity contribution in [2.24, 2.45) is 0 Å². The topological polar surface area (TPSA) is 68.3 Å². The number of carbonyl (C=O) groups is 1. The molecule has 0 spiro atoms. The van der Waals surface area contributed by atoms with Crippen molar-refractivity contribution < 1.29 is 13.6 Å². The Hall–Kier alpha value is -3.34. The minimum atomic E-state index is -0.142. The highest BCUT2D eigenvalue weighted by Crippen LogP contribution is 2.19. The number of fused-ring (bicyclic) bond motifs is 1. The number of carbonyl (C=O) groups excluding carboxylic acids is 1. The summed E-state index contributed by atoms with van der Waals surface area (Å²) in [7, 11) is 0. The van der Waals surface area contributed by atoms with Crippen LogP contribution in [0.1, 0.15) is 34.5 Å². The number of benzene rings is 2. The maximum Gasteiger partial charge on any atom is 0.251 e. The van der Waals surface area contributed by atoms with Gasteiger partial charge in [0.25, 0.3) is 5.91 Å². The second-order valence-corrected chi connectivity index (χ2v) is 6.61. The molecule has 5 heteroatoms. The summed E-state index contributed by atoms with van der Waals surface area (Å²) in [5.41, 5.74) is 3.05. The lowest BCUT2D eigenvalue weighted by Gasteiger charge is -2.12. The van der Waals surface area contributed by atoms with E-state index in [1.54, 1.807) is 18.4 Å². The number of hydrogen-bond donors (Lipinski definition) is 1. The van der Waals surface area contributed by atoms with Gasteiger partial charge in [-0.2, -0.15) is 0 Å². The summed E-state index contributed by atoms with van der Waals surface area (Å²) >= 11 is 0. The third-order valence-electron chi connectivity index (χ3n) is 4.36. The zero-order chi connectivity index (χ0) is 18.6. The van der Waals surface area contributed by atoms with Crippen LogP contribution in [0.3, 0.4) is 0 Å². The predicted molar refractivity (Wildman–Crippen MR) is 103 cm³/mol. The first-order valence-corrected chi connectivity index (χ1v) is 8.94. The molecule has 0 saturated heterocycles. The van der Waals surface area contributed by atoms with E-state index >= 15 is 0 Å². The molecule has 2 aromatic heterocycles. The van der Waals surface area contributed by atoms with Crippen LogP contribution in [0.5, 0.6) is 0 Å². The van der Waals surface area contributed by atoms with Gasteiger partial charge in [0.1, 0.15) is 11.3 Å². The number of aromatic nitrogens is 1. The van der Waals surface area contributed by atoms with E-state index < -0.39 is 0 Å². The van der Waals surface area contributed by atoms with Gasteiger partial charge in [0.15, 0.2) is 11.5 Å². The summed E-state index contributed by atoms with van der Waals surface area (Å²) in [4.78, 5) is 17.0. The fourth-order valence-corrected chi connectivity index (χ4v) is 3.05. The van der Waals surface area contributed by atoms with E-state index in [0.29, 0.717) is 29.9 Å². The normalized spacial score (nSPS) is 12.2. The van der Waals surface area contributed by atoms with Crippen molar-refractivity contribution in [3.8, 4) is 0 Å². The molecule has 5 nitrogen and oxygen atoms in total. The highest BCUT2D eigenvalue weighted by Gasteiger charge is 2.14. The molecule has 0 aliphatic heterocycles. The molecular formula is C22H20N2O3. The molecule has 0 fully saturated rings. The number of hydrogen-bond acceptors (Lipinski definition) is 4. The Kier molecular flexibility index (Phi) is 4.75. The molecule has 27 heavy (non-hydrogen) atoms. The van der Waals surface area contributed by atoms with Crippen LogP contribution >= 0.6 is 0 Å². The fraction of sp³-hybridized carbons (Fsp3) is 0.182. The predicted octanol–water partition coefficient (Wildman–Crippen LogP) is 4.37. The zero-order valence-corrected chi connectivity index (χ0v) is 15.0. The molecule has 1 atom stereocenters. The first-order chi connectivity index (χ1) is 13.2. The van der Waals surface area contributed by atoms with E-state index in [2.05, 4.69) is 10.3 Å². The Morgan fingerprint density at radius 3 is 2.74 bits per heavy atom. The SMILES string of the molecule is C[C@H](Cc1ccco1)NC(=O)c1ccc2nc(Cc3ccccc3)oc2c1. The largest absolute Gasteiger partial charge is 0.469 e. The molecule has 2 aromatic carbocycles. The third-order valence-corrected chi connectivity index (χ3v) is 4.36. The van der Waals surface area contributed by atoms with Crippen LogP contribution in [0.4, 0.5) is 0 Å². The van der Waals surface area contributed by atoms with Gasteiger partial charge < -0.3 is 14.2 Å². The van der Waals surface area contributed by atoms with Crippen molar-refractivity contribution >= 4 is 17.0 Å². The maximum atomic E-state index is 12.5. The van der Waals surface area contributed by atoms with E-state index in [1.807, 2.05) is 55.5 Å². The number of nitrogens with one attached hydrogen (secondary N) is 1. The lowest BCUT2D eigenvalue weighted by atomic mass is 10.1. The Labute approximate surface area is 157 Å². The van der Waals surface area contributed by atoms with E-state index in [4.69, 9.17) is 8.83 Å². The molecular weight excluding hydrogens is 340 g/mol. The Morgan fingerprint density at radius 1 is 1.11 bits per heavy atom. The van der Waals surface area contributed by atoms with Crippen molar-refractivity contribution in [3.05, 3.63) is 89.7 Å². The first-order valence-electron chi connectivity index (χ1n) is 8.94. The second-order valence-electron chi connectivity index (χ2n) is 6.61. The lowest BCUT2D eigenvalue weighted by molar-refractivity contribution is 0.0939. The summed E-state index contributed by atoms with van der Waals surface area (Å²) < 4.78 is 11.2. The van der Waals surface area contributed by atoms with Crippen LogP contribution in [0, 0.1) is 0 Å². The van der Waals surface area contributed by atoms with Gasteiger partial charge in [-0.3, -0.25) is 4.79 Å². The maximum absolute atomic E-state index is 12.5. The van der Waals surface area contributed by atoms with Crippen LogP contribution in [0.15, 0.2) is 75.8 Å². The zero-order valence-electron chi connectivity index (χ0n) is 15.0. The average molecular weight is 360 g/mol. The van der Waals surface area contributed by atoms with Crippen molar-refractivity contribution in [2.45, 2.75) is 25.8 Å². The van der Waals surface area contributed by atoms with Crippen LogP contribution in [-0.2, 0) is 12.8 Å². The molecule has 1 amide bonds. The van der Waals surface area contributed by atoms with Crippen molar-refractivity contribution in [3.63, 3.8) is 0 Å². The van der Waals surface area contributed by atoms with Gasteiger partial charge in [-0.15, -0.1) is 0 Å². The van der Waals surface area contributed by atoms with E-state index in [0.717, 1.165) is 16.8 Å². The van der Waals surface area contributed by atoms with Crippen LogP contribution < -0.4 is 5.32 Å². The summed E-state index contributed by atoms with van der Waals surface area (Å²) in [6.07, 6.45) is 2.90. The summed E-state index contributed by atoms with van der Waals surface area (Å²) in [6, 6.07) is 19.1. The highest BCUT2D eigenvalue weighted by atomic mass is 16.3. The third kappa shape index (κ3) is 4.08. The second kappa shape index (κ2) is 7.50. The molecule has 4 rings (SSSR count). The minimum Gasteiger partial charge on any atom is -0.469 e. The molecule has 0 aliphatic rings. The molecule has 0 aliphatic carbocycles. The van der Waals surface area contributed by atoms with Crippen LogP contribution in [0.2, 0.25) is 0 Å². The molecule has 0 unspecified atom stereocenters. The summed E-state index contributed by atoms with van der Waals surface area (Å²) in [5.74, 6) is 1.34. The van der Waals surface area contributed by atoms with Gasteiger partial charge in [0.2, 0.25) is 0 Å². The number of furan rings is 1. The van der Waals surface area contributed by atoms with Crippen LogP contribution in [-0.4, -0.2) is 16.9 Å². The van der Waals surface area contributed by atoms with Gasteiger partial charge >= 0.3 is 0 Å². The van der Waals surface area contributed by atoms with E-state index in [9.17, 15) is 4.79 Å². The van der Waals surface area contributed by atoms with E-state index in [-0.39, 0.29) is 11.9 Å².